The first-order valence-corrected chi connectivity index (χ1v) is 23.3. The average molecular weight is 1020 g/mol. The third-order valence-corrected chi connectivity index (χ3v) is 12.8. The molecule has 0 fully saturated rings. The van der Waals surface area contributed by atoms with Gasteiger partial charge in [0.25, 0.3) is 11.8 Å². The van der Waals surface area contributed by atoms with Crippen LogP contribution in [0.4, 0.5) is 5.69 Å². The average Bonchev–Trinajstić information content (AvgIpc) is 3.36. The van der Waals surface area contributed by atoms with Crippen LogP contribution in [0.15, 0.2) is 134 Å². The lowest BCUT2D eigenvalue weighted by atomic mass is 9.89. The number of hydrogen-bond donors (Lipinski definition) is 7. The molecule has 0 unspecified atom stereocenters. The second-order valence-electron chi connectivity index (χ2n) is 16.7. The number of anilines is 1. The molecule has 0 atom stereocenters. The molecular formula is C55H40Cl2N4O12. The molecule has 9 rings (SSSR count). The van der Waals surface area contributed by atoms with Crippen molar-refractivity contribution in [3.05, 3.63) is 180 Å². The van der Waals surface area contributed by atoms with Crippen molar-refractivity contribution in [3.63, 3.8) is 0 Å². The third-order valence-electron chi connectivity index (χ3n) is 12.2. The molecule has 0 aromatic heterocycles. The van der Waals surface area contributed by atoms with Gasteiger partial charge in [0.1, 0.15) is 28.4 Å². The quantitative estimate of drug-likeness (QED) is 0.0501. The van der Waals surface area contributed by atoms with Crippen molar-refractivity contribution in [2.24, 2.45) is 4.99 Å². The van der Waals surface area contributed by atoms with Crippen LogP contribution in [0.1, 0.15) is 76.8 Å². The monoisotopic (exact) mass is 1020 g/mol. The standard InChI is InChI=1S/C55H40Cl2N4O12/c1-3-58-29-10-14-34-42(20-29)72-43-21-30(59-4-2)11-15-35(43)46(34)47-40(56)23-38(49(57)48(47)55(70)71)52(65)60-24-26-5-7-27(8-6-26)51(64)61-25-39-41(63)18-17-36-45(33-16-12-31(62)22-44(33)73-50(36)39)37-19-28(53(66)67)9-13-32(37)54(68)69/h5-23,58,63H,3-4,24-25H2,1-2H3,(H,60,65)(H,61,64)(H,66,67)(H,68,69)(H,70,71). The number of rotatable bonds is 14. The maximum Gasteiger partial charge on any atom is 0.337 e. The Morgan fingerprint density at radius 1 is 0.616 bits per heavy atom. The SMILES string of the molecule is CCN=c1ccc2c(-c3c(Cl)cc(C(=O)NCc4ccc(C(=O)NCc5c(O)ccc6c(-c7cc(C(=O)O)ccc7C(=O)O)c7ccc(=O)cc-7oc56)cc4)c(Cl)c3C(=O)O)c3ccc(NCC)cc3oc-2c1. The number of carbonyl (C=O) groups is 5. The van der Waals surface area contributed by atoms with E-state index in [-0.39, 0.29) is 90.1 Å². The van der Waals surface area contributed by atoms with Crippen LogP contribution in [0.25, 0.3) is 66.8 Å². The second kappa shape index (κ2) is 20.0. The summed E-state index contributed by atoms with van der Waals surface area (Å²) in [5, 5.41) is 51.5. The summed E-state index contributed by atoms with van der Waals surface area (Å²) >= 11 is 13.8. The smallest absolute Gasteiger partial charge is 0.337 e. The van der Waals surface area contributed by atoms with Crippen LogP contribution < -0.4 is 26.7 Å². The zero-order chi connectivity index (χ0) is 51.8. The number of carboxylic acids is 3. The molecule has 5 aromatic rings. The first-order valence-electron chi connectivity index (χ1n) is 22.5. The van der Waals surface area contributed by atoms with Gasteiger partial charge in [-0.15, -0.1) is 0 Å². The molecule has 4 aliphatic rings. The Labute approximate surface area is 423 Å². The molecule has 16 nitrogen and oxygen atoms in total. The van der Waals surface area contributed by atoms with Crippen molar-refractivity contribution in [2.75, 3.05) is 18.4 Å². The Bertz CT molecular complexity index is 3850. The maximum atomic E-state index is 13.8. The molecule has 2 aliphatic heterocycles. The van der Waals surface area contributed by atoms with E-state index in [1.54, 1.807) is 42.5 Å². The Morgan fingerprint density at radius 3 is 2.03 bits per heavy atom. The van der Waals surface area contributed by atoms with E-state index in [0.717, 1.165) is 11.8 Å². The Balaban J connectivity index is 0.973. The van der Waals surface area contributed by atoms with Gasteiger partial charge in [0, 0.05) is 87.7 Å². The van der Waals surface area contributed by atoms with Crippen molar-refractivity contribution in [1.82, 2.24) is 10.6 Å². The largest absolute Gasteiger partial charge is 0.507 e. The second-order valence-corrected chi connectivity index (χ2v) is 17.4. The molecule has 0 bridgehead atoms. The first kappa shape index (κ1) is 49.0. The van der Waals surface area contributed by atoms with Crippen LogP contribution >= 0.6 is 23.2 Å². The summed E-state index contributed by atoms with van der Waals surface area (Å²) in [6.45, 7) is 4.64. The van der Waals surface area contributed by atoms with E-state index in [0.29, 0.717) is 57.4 Å². The van der Waals surface area contributed by atoms with Crippen molar-refractivity contribution in [2.45, 2.75) is 26.9 Å². The number of nitrogens with one attached hydrogen (secondary N) is 3. The number of aromatic carboxylic acids is 3. The molecule has 366 valence electrons. The number of amides is 2. The molecule has 2 amide bonds. The molecule has 73 heavy (non-hydrogen) atoms. The zero-order valence-electron chi connectivity index (χ0n) is 38.6. The molecule has 2 aliphatic carbocycles. The van der Waals surface area contributed by atoms with Crippen molar-refractivity contribution >= 4 is 80.6 Å². The molecule has 0 spiro atoms. The third kappa shape index (κ3) is 9.39. The fourth-order valence-corrected chi connectivity index (χ4v) is 9.43. The summed E-state index contributed by atoms with van der Waals surface area (Å²) in [5.41, 5.74) is 2.17. The number of benzene rings is 7. The van der Waals surface area contributed by atoms with Gasteiger partial charge in [-0.2, -0.15) is 0 Å². The molecular weight excluding hydrogens is 980 g/mol. The van der Waals surface area contributed by atoms with E-state index in [4.69, 9.17) is 32.0 Å². The number of nitrogens with zero attached hydrogens (tertiary/aromatic N) is 1. The van der Waals surface area contributed by atoms with Crippen molar-refractivity contribution in [1.29, 1.82) is 0 Å². The van der Waals surface area contributed by atoms with E-state index in [1.165, 1.54) is 60.7 Å². The lowest BCUT2D eigenvalue weighted by Gasteiger charge is -2.20. The summed E-state index contributed by atoms with van der Waals surface area (Å²) in [6, 6.07) is 28.4. The molecule has 18 heteroatoms. The van der Waals surface area contributed by atoms with Crippen LogP contribution in [-0.4, -0.2) is 63.2 Å². The van der Waals surface area contributed by atoms with E-state index < -0.39 is 40.7 Å². The maximum absolute atomic E-state index is 13.8. The molecule has 0 saturated carbocycles. The normalized spacial score (nSPS) is 11.6. The van der Waals surface area contributed by atoms with Gasteiger partial charge in [-0.3, -0.25) is 19.4 Å². The Kier molecular flexibility index (Phi) is 13.4. The van der Waals surface area contributed by atoms with E-state index in [1.807, 2.05) is 19.9 Å². The molecule has 0 saturated heterocycles. The van der Waals surface area contributed by atoms with Gasteiger partial charge in [0.05, 0.1) is 49.8 Å². The van der Waals surface area contributed by atoms with Gasteiger partial charge in [-0.25, -0.2) is 14.4 Å². The predicted octanol–water partition coefficient (Wildman–Crippen LogP) is 10.4. The van der Waals surface area contributed by atoms with Gasteiger partial charge in [-0.05, 0) is 110 Å². The van der Waals surface area contributed by atoms with E-state index >= 15 is 0 Å². The number of phenolic OH excluding ortho intramolecular Hbond substituents is 1. The number of carbonyl (C=O) groups excluding carboxylic acids is 2. The molecule has 2 heterocycles. The highest BCUT2D eigenvalue weighted by Gasteiger charge is 2.30. The van der Waals surface area contributed by atoms with Gasteiger partial charge in [-0.1, -0.05) is 35.3 Å². The summed E-state index contributed by atoms with van der Waals surface area (Å²) in [5.74, 6) is -5.24. The van der Waals surface area contributed by atoms with Gasteiger partial charge < -0.3 is 45.2 Å². The minimum Gasteiger partial charge on any atom is -0.507 e. The lowest BCUT2D eigenvalue weighted by Crippen LogP contribution is -2.24. The van der Waals surface area contributed by atoms with Crippen LogP contribution in [0.5, 0.6) is 5.75 Å². The van der Waals surface area contributed by atoms with Crippen molar-refractivity contribution < 1.29 is 53.2 Å². The highest BCUT2D eigenvalue weighted by Crippen LogP contribution is 2.48. The van der Waals surface area contributed by atoms with E-state index in [2.05, 4.69) is 20.9 Å². The minimum atomic E-state index is -1.42. The highest BCUT2D eigenvalue weighted by molar-refractivity contribution is 6.41. The zero-order valence-corrected chi connectivity index (χ0v) is 40.1. The summed E-state index contributed by atoms with van der Waals surface area (Å²) in [6.07, 6.45) is 0. The Hall–Kier alpha value is -8.99. The number of halogens is 2. The summed E-state index contributed by atoms with van der Waals surface area (Å²) in [7, 11) is 0. The van der Waals surface area contributed by atoms with Crippen LogP contribution in [-0.2, 0) is 13.1 Å². The van der Waals surface area contributed by atoms with Crippen LogP contribution in [0, 0.1) is 0 Å². The predicted molar refractivity (Wildman–Crippen MR) is 274 cm³/mol. The summed E-state index contributed by atoms with van der Waals surface area (Å²) < 4.78 is 12.5. The molecule has 5 aromatic carbocycles. The van der Waals surface area contributed by atoms with Crippen molar-refractivity contribution in [3.8, 4) is 50.7 Å². The van der Waals surface area contributed by atoms with Crippen LogP contribution in [0.2, 0.25) is 10.0 Å². The first-order chi connectivity index (χ1) is 35.1. The van der Waals surface area contributed by atoms with E-state index in [9.17, 15) is 49.2 Å². The molecule has 0 radical (unpaired) electrons. The number of fused-ring (bicyclic) bond motifs is 4. The van der Waals surface area contributed by atoms with Crippen LogP contribution in [0.3, 0.4) is 0 Å². The van der Waals surface area contributed by atoms with Gasteiger partial charge in [0.15, 0.2) is 5.43 Å². The Morgan fingerprint density at radius 2 is 1.32 bits per heavy atom. The topological polar surface area (TPSA) is 258 Å². The fraction of sp³-hybridized carbons (Fsp3) is 0.109. The number of aromatic hydroxyl groups is 1. The van der Waals surface area contributed by atoms with Gasteiger partial charge >= 0.3 is 17.9 Å². The molecule has 7 N–H and O–H groups in total. The lowest BCUT2D eigenvalue weighted by molar-refractivity contribution is 0.0682. The fourth-order valence-electron chi connectivity index (χ4n) is 8.81. The summed E-state index contributed by atoms with van der Waals surface area (Å²) in [4.78, 5) is 81.9. The minimum absolute atomic E-state index is 0.00250. The number of phenols is 1. The number of hydrogen-bond acceptors (Lipinski definition) is 11. The van der Waals surface area contributed by atoms with Gasteiger partial charge in [0.2, 0.25) is 0 Å². The number of carboxylic acid groups (broad SMARTS) is 3. The highest BCUT2D eigenvalue weighted by atomic mass is 35.5.